The van der Waals surface area contributed by atoms with Gasteiger partial charge in [-0.25, -0.2) is 0 Å². The van der Waals surface area contributed by atoms with E-state index in [1.807, 2.05) is 0 Å². The quantitative estimate of drug-likeness (QED) is 0.790. The smallest absolute Gasteiger partial charge is 0.123 e. The fourth-order valence-electron chi connectivity index (χ4n) is 2.73. The highest BCUT2D eigenvalue weighted by Gasteiger charge is 2.37. The first-order valence-corrected chi connectivity index (χ1v) is 6.75. The topological polar surface area (TPSA) is 21.3 Å². The molecule has 0 amide bonds. The Morgan fingerprint density at radius 3 is 3.06 bits per heavy atom. The summed E-state index contributed by atoms with van der Waals surface area (Å²) in [4.78, 5) is 0. The molecule has 16 heavy (non-hydrogen) atoms. The molecule has 0 aliphatic carbocycles. The van der Waals surface area contributed by atoms with E-state index >= 15 is 0 Å². The summed E-state index contributed by atoms with van der Waals surface area (Å²) in [6.45, 7) is 2.14. The van der Waals surface area contributed by atoms with Gasteiger partial charge in [0.25, 0.3) is 0 Å². The van der Waals surface area contributed by atoms with Crippen molar-refractivity contribution in [3.63, 3.8) is 0 Å². The van der Waals surface area contributed by atoms with Crippen molar-refractivity contribution < 1.29 is 4.74 Å². The molecule has 3 rings (SSSR count). The Kier molecular flexibility index (Phi) is 2.68. The fraction of sp³-hybridized carbons (Fsp3) is 0.538. The van der Waals surface area contributed by atoms with Crippen molar-refractivity contribution in [1.82, 2.24) is 5.32 Å². The Hall–Kier alpha value is -0.540. The van der Waals surface area contributed by atoms with Crippen molar-refractivity contribution in [2.75, 3.05) is 13.1 Å². The number of benzene rings is 1. The molecule has 1 fully saturated rings. The van der Waals surface area contributed by atoms with E-state index in [1.165, 1.54) is 18.4 Å². The van der Waals surface area contributed by atoms with Crippen molar-refractivity contribution in [2.24, 2.45) is 0 Å². The highest BCUT2D eigenvalue weighted by Crippen LogP contribution is 2.37. The highest BCUT2D eigenvalue weighted by atomic mass is 79.9. The third-order valence-corrected chi connectivity index (χ3v) is 4.13. The minimum Gasteiger partial charge on any atom is -0.486 e. The van der Waals surface area contributed by atoms with Crippen LogP contribution >= 0.6 is 15.9 Å². The van der Waals surface area contributed by atoms with Gasteiger partial charge in [0, 0.05) is 11.0 Å². The van der Waals surface area contributed by atoms with E-state index in [2.05, 4.69) is 39.4 Å². The molecule has 1 N–H and O–H groups in total. The SMILES string of the molecule is Brc1ccc2c(c1)CCC1(CCCNC1)O2. The molecule has 1 aromatic rings. The van der Waals surface area contributed by atoms with E-state index in [-0.39, 0.29) is 5.60 Å². The van der Waals surface area contributed by atoms with E-state index in [9.17, 15) is 0 Å². The van der Waals surface area contributed by atoms with Gasteiger partial charge in [0.15, 0.2) is 0 Å². The molecule has 0 saturated carbocycles. The molecule has 3 heteroatoms. The average molecular weight is 282 g/mol. The van der Waals surface area contributed by atoms with Crippen LogP contribution in [0.1, 0.15) is 24.8 Å². The van der Waals surface area contributed by atoms with Gasteiger partial charge in [-0.15, -0.1) is 0 Å². The molecule has 0 bridgehead atoms. The van der Waals surface area contributed by atoms with Crippen molar-refractivity contribution in [1.29, 1.82) is 0 Å². The maximum Gasteiger partial charge on any atom is 0.123 e. The lowest BCUT2D eigenvalue weighted by Crippen LogP contribution is -2.51. The van der Waals surface area contributed by atoms with Gasteiger partial charge in [-0.05, 0) is 56.0 Å². The Balaban J connectivity index is 1.88. The number of piperidine rings is 1. The summed E-state index contributed by atoms with van der Waals surface area (Å²) in [5.74, 6) is 1.08. The van der Waals surface area contributed by atoms with E-state index in [4.69, 9.17) is 4.74 Å². The van der Waals surface area contributed by atoms with E-state index in [0.717, 1.165) is 36.2 Å². The minimum atomic E-state index is 0.0685. The Bertz CT molecular complexity index is 399. The lowest BCUT2D eigenvalue weighted by Gasteiger charge is -2.41. The zero-order valence-electron chi connectivity index (χ0n) is 9.26. The van der Waals surface area contributed by atoms with Gasteiger partial charge in [-0.2, -0.15) is 0 Å². The minimum absolute atomic E-state index is 0.0685. The van der Waals surface area contributed by atoms with Crippen LogP contribution in [-0.2, 0) is 6.42 Å². The molecule has 2 nitrogen and oxygen atoms in total. The average Bonchev–Trinajstić information content (AvgIpc) is 2.31. The first kappa shape index (κ1) is 10.6. The monoisotopic (exact) mass is 281 g/mol. The number of hydrogen-bond donors (Lipinski definition) is 1. The van der Waals surface area contributed by atoms with Crippen molar-refractivity contribution in [3.05, 3.63) is 28.2 Å². The molecular formula is C13H16BrNO. The summed E-state index contributed by atoms with van der Waals surface area (Å²) in [6.07, 6.45) is 4.70. The van der Waals surface area contributed by atoms with Gasteiger partial charge in [0.2, 0.25) is 0 Å². The van der Waals surface area contributed by atoms with Gasteiger partial charge in [-0.1, -0.05) is 15.9 Å². The number of ether oxygens (including phenoxy) is 1. The molecule has 1 saturated heterocycles. The van der Waals surface area contributed by atoms with E-state index < -0.39 is 0 Å². The first-order chi connectivity index (χ1) is 7.77. The highest BCUT2D eigenvalue weighted by molar-refractivity contribution is 9.10. The van der Waals surface area contributed by atoms with Crippen LogP contribution in [-0.4, -0.2) is 18.7 Å². The summed E-state index contributed by atoms with van der Waals surface area (Å²) >= 11 is 3.51. The van der Waals surface area contributed by atoms with E-state index in [1.54, 1.807) is 0 Å². The third kappa shape index (κ3) is 1.87. The standard InChI is InChI=1S/C13H16BrNO/c14-11-2-3-12-10(8-11)4-6-13(16-12)5-1-7-15-9-13/h2-3,8,15H,1,4-7,9H2. The molecule has 1 unspecified atom stereocenters. The second-order valence-corrected chi connectivity index (χ2v) is 5.73. The predicted molar refractivity (Wildman–Crippen MR) is 67.9 cm³/mol. The fourth-order valence-corrected chi connectivity index (χ4v) is 3.14. The number of aryl methyl sites for hydroxylation is 1. The molecule has 0 aromatic heterocycles. The molecule has 1 atom stereocenters. The normalized spacial score (nSPS) is 28.6. The maximum absolute atomic E-state index is 6.23. The lowest BCUT2D eigenvalue weighted by molar-refractivity contribution is 0.0228. The number of rotatable bonds is 0. The van der Waals surface area contributed by atoms with Gasteiger partial charge in [0.05, 0.1) is 0 Å². The summed E-state index contributed by atoms with van der Waals surface area (Å²) in [7, 11) is 0. The molecule has 2 aliphatic heterocycles. The number of nitrogens with one attached hydrogen (secondary N) is 1. The third-order valence-electron chi connectivity index (χ3n) is 3.63. The van der Waals surface area contributed by atoms with E-state index in [0.29, 0.717) is 0 Å². The Morgan fingerprint density at radius 2 is 2.25 bits per heavy atom. The molecule has 86 valence electrons. The molecular weight excluding hydrogens is 266 g/mol. The van der Waals surface area contributed by atoms with Crippen LogP contribution in [0, 0.1) is 0 Å². The van der Waals surface area contributed by atoms with Gasteiger partial charge in [-0.3, -0.25) is 0 Å². The summed E-state index contributed by atoms with van der Waals surface area (Å²) in [6, 6.07) is 6.33. The van der Waals surface area contributed by atoms with Crippen LogP contribution in [0.4, 0.5) is 0 Å². The zero-order valence-corrected chi connectivity index (χ0v) is 10.8. The molecule has 2 aliphatic rings. The molecule has 1 aromatic carbocycles. The van der Waals surface area contributed by atoms with Crippen molar-refractivity contribution in [3.8, 4) is 5.75 Å². The maximum atomic E-state index is 6.23. The van der Waals surface area contributed by atoms with Gasteiger partial charge in [0.1, 0.15) is 11.4 Å². The molecule has 1 spiro atoms. The Morgan fingerprint density at radius 1 is 1.31 bits per heavy atom. The molecule has 2 heterocycles. The first-order valence-electron chi connectivity index (χ1n) is 5.96. The Labute approximate surface area is 105 Å². The second-order valence-electron chi connectivity index (χ2n) is 4.82. The van der Waals surface area contributed by atoms with Crippen LogP contribution in [0.15, 0.2) is 22.7 Å². The largest absolute Gasteiger partial charge is 0.486 e. The van der Waals surface area contributed by atoms with Crippen LogP contribution in [0.5, 0.6) is 5.75 Å². The predicted octanol–water partition coefficient (Wildman–Crippen LogP) is 2.90. The van der Waals surface area contributed by atoms with Crippen LogP contribution < -0.4 is 10.1 Å². The lowest BCUT2D eigenvalue weighted by atomic mass is 9.85. The second kappa shape index (κ2) is 4.04. The summed E-state index contributed by atoms with van der Waals surface area (Å²) in [5, 5.41) is 3.45. The van der Waals surface area contributed by atoms with Crippen LogP contribution in [0.25, 0.3) is 0 Å². The summed E-state index contributed by atoms with van der Waals surface area (Å²) < 4.78 is 7.38. The summed E-state index contributed by atoms with van der Waals surface area (Å²) in [5.41, 5.74) is 1.41. The van der Waals surface area contributed by atoms with Crippen LogP contribution in [0.3, 0.4) is 0 Å². The number of fused-ring (bicyclic) bond motifs is 1. The molecule has 0 radical (unpaired) electrons. The van der Waals surface area contributed by atoms with Crippen LogP contribution in [0.2, 0.25) is 0 Å². The zero-order chi connectivity index (χ0) is 11.0. The number of halogens is 1. The van der Waals surface area contributed by atoms with Gasteiger partial charge < -0.3 is 10.1 Å². The van der Waals surface area contributed by atoms with Crippen molar-refractivity contribution >= 4 is 15.9 Å². The number of hydrogen-bond acceptors (Lipinski definition) is 2. The van der Waals surface area contributed by atoms with Gasteiger partial charge >= 0.3 is 0 Å². The van der Waals surface area contributed by atoms with Crippen molar-refractivity contribution in [2.45, 2.75) is 31.3 Å².